The molecule has 2 heterocycles. The number of imidazole rings is 2. The lowest BCUT2D eigenvalue weighted by Gasteiger charge is -2.08. The van der Waals surface area contributed by atoms with Gasteiger partial charge in [0.1, 0.15) is 29.0 Å². The number of aryl methyl sites for hydroxylation is 1. The first-order valence-electron chi connectivity index (χ1n) is 8.98. The molecule has 2 aromatic heterocycles. The highest BCUT2D eigenvalue weighted by atomic mass is 19.4. The Morgan fingerprint density at radius 1 is 1.07 bits per heavy atom. The maximum Gasteiger partial charge on any atom is 0.573 e. The molecule has 10 heteroatoms. The fourth-order valence-electron chi connectivity index (χ4n) is 3.27. The van der Waals surface area contributed by atoms with Crippen molar-refractivity contribution in [2.75, 3.05) is 0 Å². The summed E-state index contributed by atoms with van der Waals surface area (Å²) >= 11 is 0. The molecular weight excluding hydrogens is 407 g/mol. The Labute approximate surface area is 167 Å². The molecule has 0 spiro atoms. The minimum Gasteiger partial charge on any atom is -0.406 e. The number of rotatable bonds is 5. The smallest absolute Gasteiger partial charge is 0.406 e. The van der Waals surface area contributed by atoms with E-state index >= 15 is 0 Å². The first-order valence-corrected chi connectivity index (χ1v) is 8.98. The number of nitrogens with zero attached hydrogens (tertiary/aromatic N) is 3. The number of aromatic nitrogens is 4. The van der Waals surface area contributed by atoms with Crippen LogP contribution < -0.4 is 4.74 Å². The Hall–Kier alpha value is -3.43. The third kappa shape index (κ3) is 3.98. The first kappa shape index (κ1) is 19.9. The number of hydrogen-bond donors (Lipinski definition) is 1. The predicted molar refractivity (Wildman–Crippen MR) is 98.8 cm³/mol. The zero-order valence-electron chi connectivity index (χ0n) is 15.6. The fraction of sp³-hybridized carbons (Fsp3) is 0.200. The summed E-state index contributed by atoms with van der Waals surface area (Å²) in [6.07, 6.45) is -3.00. The Bertz CT molecular complexity index is 1210. The van der Waals surface area contributed by atoms with E-state index < -0.39 is 18.0 Å². The van der Waals surface area contributed by atoms with Crippen molar-refractivity contribution < 1.29 is 26.7 Å². The quantitative estimate of drug-likeness (QED) is 0.449. The van der Waals surface area contributed by atoms with E-state index in [1.54, 1.807) is 6.20 Å². The maximum absolute atomic E-state index is 14.0. The van der Waals surface area contributed by atoms with Crippen LogP contribution in [-0.4, -0.2) is 25.9 Å². The molecule has 0 fully saturated rings. The van der Waals surface area contributed by atoms with Crippen LogP contribution in [0.15, 0.2) is 42.6 Å². The molecular formula is C20H15F5N4O. The van der Waals surface area contributed by atoms with Crippen molar-refractivity contribution in [1.82, 2.24) is 19.5 Å². The van der Waals surface area contributed by atoms with E-state index in [-0.39, 0.29) is 23.6 Å². The number of halogens is 5. The van der Waals surface area contributed by atoms with Crippen LogP contribution in [0.25, 0.3) is 22.4 Å². The summed E-state index contributed by atoms with van der Waals surface area (Å²) in [5, 5.41) is 0. The van der Waals surface area contributed by atoms with Crippen LogP contribution >= 0.6 is 0 Å². The molecule has 0 radical (unpaired) electrons. The second-order valence-electron chi connectivity index (χ2n) is 6.51. The van der Waals surface area contributed by atoms with Crippen molar-refractivity contribution in [3.8, 4) is 17.1 Å². The van der Waals surface area contributed by atoms with Crippen LogP contribution in [-0.2, 0) is 13.0 Å². The fourth-order valence-corrected chi connectivity index (χ4v) is 3.27. The van der Waals surface area contributed by atoms with Crippen molar-refractivity contribution in [2.24, 2.45) is 0 Å². The lowest BCUT2D eigenvalue weighted by molar-refractivity contribution is -0.274. The normalized spacial score (nSPS) is 11.9. The van der Waals surface area contributed by atoms with Gasteiger partial charge in [-0.2, -0.15) is 0 Å². The SMILES string of the molecule is CCn1c(Cc2c[nH]c(-c3cc(F)ccc3F)n2)nc2cc(OC(F)(F)F)ccc21. The molecule has 5 nitrogen and oxygen atoms in total. The van der Waals surface area contributed by atoms with Crippen LogP contribution in [0.4, 0.5) is 22.0 Å². The molecule has 0 aliphatic carbocycles. The summed E-state index contributed by atoms with van der Waals surface area (Å²) in [5.41, 5.74) is 1.51. The van der Waals surface area contributed by atoms with Gasteiger partial charge in [0.15, 0.2) is 0 Å². The van der Waals surface area contributed by atoms with Gasteiger partial charge in [-0.1, -0.05) is 0 Å². The summed E-state index contributed by atoms with van der Waals surface area (Å²) in [4.78, 5) is 11.5. The minimum absolute atomic E-state index is 0.000754. The average Bonchev–Trinajstić information content (AvgIpc) is 3.26. The third-order valence-electron chi connectivity index (χ3n) is 4.50. The zero-order valence-corrected chi connectivity index (χ0v) is 15.6. The summed E-state index contributed by atoms with van der Waals surface area (Å²) in [6.45, 7) is 2.41. The number of ether oxygens (including phenoxy) is 1. The largest absolute Gasteiger partial charge is 0.573 e. The van der Waals surface area contributed by atoms with Gasteiger partial charge in [-0.3, -0.25) is 0 Å². The standard InChI is InChI=1S/C20H15F5N4O/c1-2-29-17-6-4-13(30-20(23,24)25)9-16(17)28-18(29)8-12-10-26-19(27-12)14-7-11(21)3-5-15(14)22/h3-7,9-10H,2,8H2,1H3,(H,26,27). The van der Waals surface area contributed by atoms with E-state index in [0.717, 1.165) is 18.2 Å². The van der Waals surface area contributed by atoms with Crippen molar-refractivity contribution in [3.05, 3.63) is 65.7 Å². The molecule has 0 aliphatic heterocycles. The molecule has 0 unspecified atom stereocenters. The highest BCUT2D eigenvalue weighted by molar-refractivity contribution is 5.78. The van der Waals surface area contributed by atoms with Crippen molar-refractivity contribution in [3.63, 3.8) is 0 Å². The van der Waals surface area contributed by atoms with Gasteiger partial charge in [0.2, 0.25) is 0 Å². The number of fused-ring (bicyclic) bond motifs is 1. The number of H-pyrrole nitrogens is 1. The zero-order chi connectivity index (χ0) is 21.5. The minimum atomic E-state index is -4.79. The molecule has 0 saturated heterocycles. The van der Waals surface area contributed by atoms with Crippen molar-refractivity contribution in [1.29, 1.82) is 0 Å². The monoisotopic (exact) mass is 422 g/mol. The van der Waals surface area contributed by atoms with E-state index in [9.17, 15) is 22.0 Å². The Morgan fingerprint density at radius 2 is 1.87 bits per heavy atom. The molecule has 156 valence electrons. The Kier molecular flexibility index (Phi) is 4.92. The van der Waals surface area contributed by atoms with Crippen LogP contribution in [0.5, 0.6) is 5.75 Å². The van der Waals surface area contributed by atoms with Crippen LogP contribution in [0.2, 0.25) is 0 Å². The number of aromatic amines is 1. The van der Waals surface area contributed by atoms with Gasteiger partial charge in [0.25, 0.3) is 0 Å². The summed E-state index contributed by atoms with van der Waals surface area (Å²) < 4.78 is 70.6. The molecule has 0 amide bonds. The van der Waals surface area contributed by atoms with Crippen LogP contribution in [0.1, 0.15) is 18.4 Å². The molecule has 0 bridgehead atoms. The highest BCUT2D eigenvalue weighted by Crippen LogP contribution is 2.28. The predicted octanol–water partition coefficient (Wildman–Crippen LogP) is 5.21. The van der Waals surface area contributed by atoms with Gasteiger partial charge in [-0.05, 0) is 37.3 Å². The van der Waals surface area contributed by atoms with E-state index in [2.05, 4.69) is 19.7 Å². The number of hydrogen-bond acceptors (Lipinski definition) is 3. The Balaban J connectivity index is 1.65. The van der Waals surface area contributed by atoms with E-state index in [1.165, 1.54) is 18.2 Å². The van der Waals surface area contributed by atoms with Gasteiger partial charge < -0.3 is 14.3 Å². The molecule has 4 rings (SSSR count). The van der Waals surface area contributed by atoms with Crippen molar-refractivity contribution in [2.45, 2.75) is 26.3 Å². The summed E-state index contributed by atoms with van der Waals surface area (Å²) in [5.74, 6) is -0.827. The third-order valence-corrected chi connectivity index (χ3v) is 4.50. The van der Waals surface area contributed by atoms with Crippen LogP contribution in [0, 0.1) is 11.6 Å². The maximum atomic E-state index is 14.0. The average molecular weight is 422 g/mol. The molecule has 0 saturated carbocycles. The summed E-state index contributed by atoms with van der Waals surface area (Å²) in [6, 6.07) is 7.03. The highest BCUT2D eigenvalue weighted by Gasteiger charge is 2.31. The molecule has 0 atom stereocenters. The van der Waals surface area contributed by atoms with Gasteiger partial charge in [-0.15, -0.1) is 13.2 Å². The second kappa shape index (κ2) is 7.43. The van der Waals surface area contributed by atoms with Gasteiger partial charge in [0, 0.05) is 25.2 Å². The Morgan fingerprint density at radius 3 is 2.60 bits per heavy atom. The molecule has 0 aliphatic rings. The summed E-state index contributed by atoms with van der Waals surface area (Å²) in [7, 11) is 0. The second-order valence-corrected chi connectivity index (χ2v) is 6.51. The molecule has 2 aromatic carbocycles. The lowest BCUT2D eigenvalue weighted by Crippen LogP contribution is -2.17. The van der Waals surface area contributed by atoms with Gasteiger partial charge in [-0.25, -0.2) is 18.7 Å². The van der Waals surface area contributed by atoms with E-state index in [4.69, 9.17) is 0 Å². The van der Waals surface area contributed by atoms with Gasteiger partial charge >= 0.3 is 6.36 Å². The number of benzene rings is 2. The molecule has 1 N–H and O–H groups in total. The molecule has 4 aromatic rings. The molecule has 30 heavy (non-hydrogen) atoms. The number of nitrogens with one attached hydrogen (secondary N) is 1. The van der Waals surface area contributed by atoms with E-state index in [1.807, 2.05) is 11.5 Å². The topological polar surface area (TPSA) is 55.7 Å². The van der Waals surface area contributed by atoms with Crippen molar-refractivity contribution >= 4 is 11.0 Å². The van der Waals surface area contributed by atoms with Gasteiger partial charge in [0.05, 0.1) is 22.3 Å². The number of alkyl halides is 3. The van der Waals surface area contributed by atoms with Crippen LogP contribution in [0.3, 0.4) is 0 Å². The lowest BCUT2D eigenvalue weighted by atomic mass is 10.2. The first-order chi connectivity index (χ1) is 14.2. The van der Waals surface area contributed by atoms with E-state index in [0.29, 0.717) is 29.1 Å².